The van der Waals surface area contributed by atoms with Gasteiger partial charge < -0.3 is 20.6 Å². The molecule has 0 N–H and O–H groups in total. The van der Waals surface area contributed by atoms with E-state index in [-0.39, 0.29) is 44.8 Å². The van der Waals surface area contributed by atoms with Crippen molar-refractivity contribution >= 4 is 13.4 Å². The minimum Gasteiger partial charge on any atom is -0.408 e. The Hall–Kier alpha value is 0.241. The van der Waals surface area contributed by atoms with Gasteiger partial charge in [-0.3, -0.25) is 0 Å². The second kappa shape index (κ2) is 56.2. The molecule has 0 aliphatic rings. The molecule has 0 radical (unpaired) electrons. The second-order valence-electron chi connectivity index (χ2n) is 0.231. The van der Waals surface area contributed by atoms with Gasteiger partial charge in [0.15, 0.2) is 0 Å². The Balaban J connectivity index is -0.0000000160. The Morgan fingerprint density at radius 3 is 0.875 bits per heavy atom. The first kappa shape index (κ1) is 24.0. The molecule has 0 rings (SSSR count). The zero-order valence-electron chi connectivity index (χ0n) is 3.55. The molecule has 0 fully saturated rings. The summed E-state index contributed by atoms with van der Waals surface area (Å²) in [6, 6.07) is 0. The summed E-state index contributed by atoms with van der Waals surface area (Å²) in [4.78, 5) is 4.00. The van der Waals surface area contributed by atoms with E-state index in [1.54, 1.807) is 0 Å². The van der Waals surface area contributed by atoms with Gasteiger partial charge in [0.2, 0.25) is 0 Å². The van der Waals surface area contributed by atoms with Crippen molar-refractivity contribution in [1.29, 1.82) is 0 Å². The van der Waals surface area contributed by atoms with Crippen LogP contribution in [-0.2, 0) is 44.8 Å². The molecule has 0 aromatic heterocycles. The smallest absolute Gasteiger partial charge is 0.408 e. The molecule has 8 heavy (non-hydrogen) atoms. The quantitative estimate of drug-likeness (QED) is 0.192. The molecule has 0 unspecified atom stereocenters. The molecule has 0 saturated heterocycles. The Morgan fingerprint density at radius 1 is 0.875 bits per heavy atom. The average molecular weight is 298 g/mol. The van der Waals surface area contributed by atoms with E-state index in [0.717, 1.165) is 0 Å². The zero-order chi connectivity index (χ0) is 5.41. The van der Waals surface area contributed by atoms with Crippen molar-refractivity contribution in [1.82, 2.24) is 0 Å². The third kappa shape index (κ3) is 2960. The van der Waals surface area contributed by atoms with Crippen LogP contribution in [0.5, 0.6) is 0 Å². The van der Waals surface area contributed by atoms with Crippen LogP contribution in [0.25, 0.3) is 11.1 Å². The van der Waals surface area contributed by atoms with Gasteiger partial charge in [-0.2, -0.15) is 0 Å². The summed E-state index contributed by atoms with van der Waals surface area (Å²) in [5, 5.41) is 0. The fourth-order valence-electron chi connectivity index (χ4n) is 0. The van der Waals surface area contributed by atoms with Crippen LogP contribution in [0.15, 0.2) is 0 Å². The summed E-state index contributed by atoms with van der Waals surface area (Å²) in [5.41, 5.74) is 13.9. The Bertz CT molecular complexity index is 66.0. The molecule has 0 amide bonds. The van der Waals surface area contributed by atoms with Crippen molar-refractivity contribution in [2.24, 2.45) is 0 Å². The van der Waals surface area contributed by atoms with Gasteiger partial charge in [0, 0.05) is 0 Å². The minimum absolute atomic E-state index is 0. The van der Waals surface area contributed by atoms with Gasteiger partial charge in [-0.15, -0.1) is 0 Å². The predicted octanol–water partition coefficient (Wildman–Crippen LogP) is -0.417. The molecule has 0 aliphatic heterocycles. The van der Waals surface area contributed by atoms with E-state index >= 15 is 0 Å². The SMILES string of the molecule is [Ag+].[Ag+].[CH-]=[N+]=[N-].[CH-]=[N+]=[N-]. The molecular formula is C2H2Ag2N4. The van der Waals surface area contributed by atoms with E-state index in [0.29, 0.717) is 0 Å². The minimum atomic E-state index is 0. The van der Waals surface area contributed by atoms with Gasteiger partial charge in [0.25, 0.3) is 0 Å². The van der Waals surface area contributed by atoms with Gasteiger partial charge in [0.05, 0.1) is 0 Å². The molecular weight excluding hydrogens is 296 g/mol. The molecule has 0 atom stereocenters. The largest absolute Gasteiger partial charge is 1.00 e. The Morgan fingerprint density at radius 2 is 0.875 bits per heavy atom. The van der Waals surface area contributed by atoms with Crippen LogP contribution in [0.4, 0.5) is 0 Å². The van der Waals surface area contributed by atoms with Crippen LogP contribution in [0, 0.1) is 0 Å². The van der Waals surface area contributed by atoms with E-state index in [9.17, 15) is 0 Å². The summed E-state index contributed by atoms with van der Waals surface area (Å²) in [6.07, 6.45) is 0. The van der Waals surface area contributed by atoms with Crippen molar-refractivity contribution < 1.29 is 54.3 Å². The van der Waals surface area contributed by atoms with Crippen molar-refractivity contribution in [3.8, 4) is 0 Å². The number of hydrogen-bond donors (Lipinski definition) is 0. The maximum absolute atomic E-state index is 6.97. The maximum atomic E-state index is 6.97. The van der Waals surface area contributed by atoms with Crippen LogP contribution in [0.2, 0.25) is 0 Å². The number of hydrogen-bond acceptors (Lipinski definition) is 0. The van der Waals surface area contributed by atoms with E-state index < -0.39 is 0 Å². The standard InChI is InChI=1S/2CHN2.2Ag/c2*1-3-2;;/h2*1H;;/q2*-1;2*+1. The van der Waals surface area contributed by atoms with Crippen molar-refractivity contribution in [3.63, 3.8) is 0 Å². The van der Waals surface area contributed by atoms with Crippen molar-refractivity contribution in [3.05, 3.63) is 11.1 Å². The monoisotopic (exact) mass is 296 g/mol. The Labute approximate surface area is 78.5 Å². The Kier molecular flexibility index (Phi) is 169. The fraction of sp³-hybridized carbons (Fsp3) is 0. The van der Waals surface area contributed by atoms with Gasteiger partial charge in [-0.25, -0.2) is 0 Å². The van der Waals surface area contributed by atoms with Gasteiger partial charge in [0.1, 0.15) is 0 Å². The van der Waals surface area contributed by atoms with E-state index in [2.05, 4.69) is 13.4 Å². The first-order valence-electron chi connectivity index (χ1n) is 0.916. The number of nitrogens with zero attached hydrogens (tertiary/aromatic N) is 4. The topological polar surface area (TPSA) is 72.8 Å². The molecule has 0 spiro atoms. The van der Waals surface area contributed by atoms with Gasteiger partial charge in [-0.1, -0.05) is 13.4 Å². The van der Waals surface area contributed by atoms with Crippen LogP contribution in [-0.4, -0.2) is 23.0 Å². The van der Waals surface area contributed by atoms with Crippen LogP contribution < -0.4 is 0 Å². The van der Waals surface area contributed by atoms with E-state index in [4.69, 9.17) is 11.1 Å². The average Bonchev–Trinajstić information content (AvgIpc) is 1.39. The van der Waals surface area contributed by atoms with Crippen LogP contribution >= 0.6 is 0 Å². The molecule has 0 aliphatic carbocycles. The van der Waals surface area contributed by atoms with Gasteiger partial charge >= 0.3 is 44.8 Å². The molecule has 0 saturated carbocycles. The third-order valence-electron chi connectivity index (χ3n) is 0. The third-order valence-corrected chi connectivity index (χ3v) is 0. The summed E-state index contributed by atoms with van der Waals surface area (Å²) in [5.74, 6) is 0. The molecule has 0 bridgehead atoms. The van der Waals surface area contributed by atoms with Crippen LogP contribution in [0.3, 0.4) is 0 Å². The maximum Gasteiger partial charge on any atom is 1.00 e. The van der Waals surface area contributed by atoms with E-state index in [1.165, 1.54) is 0 Å². The molecule has 0 aromatic carbocycles. The normalized spacial score (nSPS) is 2.00. The molecule has 4 nitrogen and oxygen atoms in total. The van der Waals surface area contributed by atoms with Crippen LogP contribution in [0.1, 0.15) is 0 Å². The van der Waals surface area contributed by atoms with Crippen molar-refractivity contribution in [2.45, 2.75) is 0 Å². The first-order valence-corrected chi connectivity index (χ1v) is 0.916. The van der Waals surface area contributed by atoms with Gasteiger partial charge in [-0.05, 0) is 0 Å². The summed E-state index contributed by atoms with van der Waals surface area (Å²) >= 11 is 0. The summed E-state index contributed by atoms with van der Waals surface area (Å²) in [7, 11) is 0. The zero-order valence-corrected chi connectivity index (χ0v) is 6.51. The molecule has 0 aromatic rings. The van der Waals surface area contributed by atoms with E-state index in [1.807, 2.05) is 9.58 Å². The summed E-state index contributed by atoms with van der Waals surface area (Å²) < 4.78 is 0. The fourth-order valence-corrected chi connectivity index (χ4v) is 0. The number of rotatable bonds is 0. The second-order valence-corrected chi connectivity index (χ2v) is 0.231. The molecule has 6 heteroatoms. The summed E-state index contributed by atoms with van der Waals surface area (Å²) in [6.45, 7) is 8.06. The first-order chi connectivity index (χ1) is 2.83. The molecule has 0 heterocycles. The molecule has 52 valence electrons. The van der Waals surface area contributed by atoms with Crippen molar-refractivity contribution in [2.75, 3.05) is 0 Å². The predicted molar refractivity (Wildman–Crippen MR) is 19.4 cm³/mol.